The Hall–Kier alpha value is -3.38. The molecule has 7 heteroatoms. The molecule has 2 aromatic heterocycles. The standard InChI is InChI=1S/C24H22ClN5O/c25-21-9-5-4-6-18(21)17-30-11-10-22-20(23(30)31)16-26-24(27-22)29-14-12-28(13-15-29)19-7-2-1-3-8-19/h1-11,16H,12-15,17H2. The molecule has 0 N–H and O–H groups in total. The zero-order valence-electron chi connectivity index (χ0n) is 17.0. The average Bonchev–Trinajstić information content (AvgIpc) is 2.83. The van der Waals surface area contributed by atoms with Crippen molar-refractivity contribution in [1.29, 1.82) is 0 Å². The van der Waals surface area contributed by atoms with Crippen molar-refractivity contribution in [2.45, 2.75) is 6.54 Å². The molecule has 4 aromatic rings. The highest BCUT2D eigenvalue weighted by atomic mass is 35.5. The van der Waals surface area contributed by atoms with Gasteiger partial charge in [0.2, 0.25) is 5.95 Å². The van der Waals surface area contributed by atoms with Crippen LogP contribution in [-0.4, -0.2) is 40.7 Å². The van der Waals surface area contributed by atoms with Gasteiger partial charge in [0.05, 0.1) is 17.4 Å². The fraction of sp³-hybridized carbons (Fsp3) is 0.208. The van der Waals surface area contributed by atoms with E-state index in [2.05, 4.69) is 44.0 Å². The van der Waals surface area contributed by atoms with Crippen molar-refractivity contribution >= 4 is 34.1 Å². The Morgan fingerprint density at radius 3 is 2.35 bits per heavy atom. The maximum absolute atomic E-state index is 13.0. The summed E-state index contributed by atoms with van der Waals surface area (Å²) < 4.78 is 1.64. The SMILES string of the molecule is O=c1c2cnc(N3CCN(c4ccccc4)CC3)nc2ccn1Cc1ccccc1Cl. The summed E-state index contributed by atoms with van der Waals surface area (Å²) in [6, 6.07) is 19.9. The van der Waals surface area contributed by atoms with Crippen molar-refractivity contribution in [3.05, 3.63) is 94.0 Å². The highest BCUT2D eigenvalue weighted by Crippen LogP contribution is 2.20. The van der Waals surface area contributed by atoms with Crippen LogP contribution in [0.25, 0.3) is 10.9 Å². The van der Waals surface area contributed by atoms with Crippen LogP contribution in [0.4, 0.5) is 11.6 Å². The number of rotatable bonds is 4. The van der Waals surface area contributed by atoms with Crippen LogP contribution in [0.3, 0.4) is 0 Å². The molecule has 0 aliphatic carbocycles. The molecule has 1 fully saturated rings. The molecular formula is C24H22ClN5O. The van der Waals surface area contributed by atoms with Crippen molar-refractivity contribution in [2.24, 2.45) is 0 Å². The quantitative estimate of drug-likeness (QED) is 0.491. The van der Waals surface area contributed by atoms with Crippen molar-refractivity contribution < 1.29 is 0 Å². The Bertz CT molecular complexity index is 1270. The van der Waals surface area contributed by atoms with E-state index in [1.165, 1.54) is 5.69 Å². The number of pyridine rings is 1. The van der Waals surface area contributed by atoms with Gasteiger partial charge in [-0.1, -0.05) is 48.0 Å². The van der Waals surface area contributed by atoms with Crippen molar-refractivity contribution in [1.82, 2.24) is 14.5 Å². The first-order valence-electron chi connectivity index (χ1n) is 10.3. The predicted molar refractivity (Wildman–Crippen MR) is 125 cm³/mol. The summed E-state index contributed by atoms with van der Waals surface area (Å²) in [5, 5.41) is 1.16. The molecule has 1 saturated heterocycles. The van der Waals surface area contributed by atoms with Crippen LogP contribution in [0.1, 0.15) is 5.56 Å². The van der Waals surface area contributed by atoms with Crippen LogP contribution in [0.2, 0.25) is 5.02 Å². The van der Waals surface area contributed by atoms with E-state index in [-0.39, 0.29) is 5.56 Å². The predicted octanol–water partition coefficient (Wildman–Crippen LogP) is 3.82. The molecule has 1 aliphatic rings. The minimum absolute atomic E-state index is 0.113. The minimum Gasteiger partial charge on any atom is -0.368 e. The molecule has 0 radical (unpaired) electrons. The summed E-state index contributed by atoms with van der Waals surface area (Å²) in [4.78, 5) is 26.7. The Morgan fingerprint density at radius 1 is 0.871 bits per heavy atom. The summed E-state index contributed by atoms with van der Waals surface area (Å²) >= 11 is 6.25. The summed E-state index contributed by atoms with van der Waals surface area (Å²) in [5.74, 6) is 0.670. The van der Waals surface area contributed by atoms with Crippen molar-refractivity contribution in [3.63, 3.8) is 0 Å². The number of para-hydroxylation sites is 1. The molecule has 0 atom stereocenters. The lowest BCUT2D eigenvalue weighted by molar-refractivity contribution is 0.641. The minimum atomic E-state index is -0.113. The second kappa shape index (κ2) is 8.40. The molecule has 0 unspecified atom stereocenters. The van der Waals surface area contributed by atoms with Gasteiger partial charge >= 0.3 is 0 Å². The first-order chi connectivity index (χ1) is 15.2. The number of halogens is 1. The van der Waals surface area contributed by atoms with E-state index in [4.69, 9.17) is 11.6 Å². The fourth-order valence-electron chi connectivity index (χ4n) is 3.95. The molecule has 5 rings (SSSR count). The fourth-order valence-corrected chi connectivity index (χ4v) is 4.15. The van der Waals surface area contributed by atoms with Gasteiger partial charge in [-0.25, -0.2) is 9.97 Å². The maximum Gasteiger partial charge on any atom is 0.261 e. The molecule has 3 heterocycles. The number of anilines is 2. The lowest BCUT2D eigenvalue weighted by atomic mass is 10.2. The summed E-state index contributed by atoms with van der Waals surface area (Å²) in [6.45, 7) is 3.90. The zero-order chi connectivity index (χ0) is 21.2. The Labute approximate surface area is 185 Å². The number of fused-ring (bicyclic) bond motifs is 1. The third kappa shape index (κ3) is 3.99. The summed E-state index contributed by atoms with van der Waals surface area (Å²) in [5.41, 5.74) is 2.69. The van der Waals surface area contributed by atoms with Gasteiger partial charge in [-0.15, -0.1) is 0 Å². The molecule has 0 spiro atoms. The molecule has 156 valence electrons. The molecule has 0 saturated carbocycles. The van der Waals surface area contributed by atoms with Crippen LogP contribution in [-0.2, 0) is 6.54 Å². The van der Waals surface area contributed by atoms with Gasteiger partial charge in [-0.2, -0.15) is 0 Å². The third-order valence-electron chi connectivity index (χ3n) is 5.69. The molecular weight excluding hydrogens is 410 g/mol. The molecule has 6 nitrogen and oxygen atoms in total. The van der Waals surface area contributed by atoms with Gasteiger partial charge in [0, 0.05) is 49.3 Å². The number of nitrogens with zero attached hydrogens (tertiary/aromatic N) is 5. The number of hydrogen-bond donors (Lipinski definition) is 0. The van der Waals surface area contributed by atoms with Gasteiger partial charge in [0.1, 0.15) is 0 Å². The highest BCUT2D eigenvalue weighted by Gasteiger charge is 2.20. The van der Waals surface area contributed by atoms with E-state index in [1.54, 1.807) is 17.0 Å². The van der Waals surface area contributed by atoms with Gasteiger partial charge in [-0.05, 0) is 29.8 Å². The summed E-state index contributed by atoms with van der Waals surface area (Å²) in [6.07, 6.45) is 3.42. The number of benzene rings is 2. The lowest BCUT2D eigenvalue weighted by Crippen LogP contribution is -2.47. The smallest absolute Gasteiger partial charge is 0.261 e. The largest absolute Gasteiger partial charge is 0.368 e. The Morgan fingerprint density at radius 2 is 1.58 bits per heavy atom. The molecule has 0 amide bonds. The third-order valence-corrected chi connectivity index (χ3v) is 6.06. The number of piperazine rings is 1. The van der Waals surface area contributed by atoms with Crippen LogP contribution in [0.5, 0.6) is 0 Å². The topological polar surface area (TPSA) is 54.3 Å². The van der Waals surface area contributed by atoms with E-state index in [9.17, 15) is 4.79 Å². The van der Waals surface area contributed by atoms with Gasteiger partial charge < -0.3 is 14.4 Å². The Balaban J connectivity index is 1.35. The van der Waals surface area contributed by atoms with E-state index >= 15 is 0 Å². The maximum atomic E-state index is 13.0. The monoisotopic (exact) mass is 431 g/mol. The first kappa shape index (κ1) is 19.6. The Kier molecular flexibility index (Phi) is 5.30. The van der Waals surface area contributed by atoms with Gasteiger partial charge in [-0.3, -0.25) is 4.79 Å². The molecule has 0 bridgehead atoms. The molecule has 1 aliphatic heterocycles. The second-order valence-corrected chi connectivity index (χ2v) is 8.03. The second-order valence-electron chi connectivity index (χ2n) is 7.62. The number of hydrogen-bond acceptors (Lipinski definition) is 5. The van der Waals surface area contributed by atoms with E-state index in [0.29, 0.717) is 28.4 Å². The number of aromatic nitrogens is 3. The van der Waals surface area contributed by atoms with Crippen LogP contribution in [0.15, 0.2) is 77.9 Å². The molecule has 31 heavy (non-hydrogen) atoms. The van der Waals surface area contributed by atoms with Crippen LogP contribution >= 0.6 is 11.6 Å². The van der Waals surface area contributed by atoms with E-state index < -0.39 is 0 Å². The van der Waals surface area contributed by atoms with Gasteiger partial charge in [0.15, 0.2) is 0 Å². The van der Waals surface area contributed by atoms with Gasteiger partial charge in [0.25, 0.3) is 5.56 Å². The lowest BCUT2D eigenvalue weighted by Gasteiger charge is -2.36. The van der Waals surface area contributed by atoms with Crippen molar-refractivity contribution in [3.8, 4) is 0 Å². The molecule has 2 aromatic carbocycles. The average molecular weight is 432 g/mol. The highest BCUT2D eigenvalue weighted by molar-refractivity contribution is 6.31. The first-order valence-corrected chi connectivity index (χ1v) is 10.7. The van der Waals surface area contributed by atoms with E-state index in [0.717, 1.165) is 31.7 Å². The van der Waals surface area contributed by atoms with Crippen LogP contribution < -0.4 is 15.4 Å². The van der Waals surface area contributed by atoms with Crippen LogP contribution in [0, 0.1) is 0 Å². The summed E-state index contributed by atoms with van der Waals surface area (Å²) in [7, 11) is 0. The van der Waals surface area contributed by atoms with Crippen molar-refractivity contribution in [2.75, 3.05) is 36.0 Å². The van der Waals surface area contributed by atoms with E-state index in [1.807, 2.05) is 36.4 Å². The zero-order valence-corrected chi connectivity index (χ0v) is 17.7. The normalized spacial score (nSPS) is 14.2.